The van der Waals surface area contributed by atoms with Crippen molar-refractivity contribution in [1.29, 1.82) is 0 Å². The Labute approximate surface area is 99.4 Å². The van der Waals surface area contributed by atoms with E-state index in [0.29, 0.717) is 6.54 Å². The van der Waals surface area contributed by atoms with E-state index >= 15 is 0 Å². The smallest absolute Gasteiger partial charge is 0.269 e. The van der Waals surface area contributed by atoms with Crippen molar-refractivity contribution in [2.24, 2.45) is 4.99 Å². The lowest BCUT2D eigenvalue weighted by molar-refractivity contribution is 0.589. The Morgan fingerprint density at radius 1 is 1.47 bits per heavy atom. The average Bonchev–Trinajstić information content (AvgIpc) is 2.29. The molecule has 0 saturated heterocycles. The van der Waals surface area contributed by atoms with Crippen molar-refractivity contribution in [3.8, 4) is 0 Å². The summed E-state index contributed by atoms with van der Waals surface area (Å²) in [4.78, 5) is 11.6. The molecule has 0 bridgehead atoms. The molecule has 7 nitrogen and oxygen atoms in total. The lowest BCUT2D eigenvalue weighted by Crippen LogP contribution is -2.43. The SMILES string of the molecule is CCCCNC1=Nc2ncncc2S(=O)(=O)N1. The zero-order chi connectivity index (χ0) is 12.3. The van der Waals surface area contributed by atoms with Gasteiger partial charge in [-0.15, -0.1) is 0 Å². The van der Waals surface area contributed by atoms with E-state index in [0.717, 1.165) is 12.8 Å². The molecule has 92 valence electrons. The average molecular weight is 255 g/mol. The lowest BCUT2D eigenvalue weighted by Gasteiger charge is -2.17. The number of fused-ring (bicyclic) bond motifs is 1. The van der Waals surface area contributed by atoms with Gasteiger partial charge >= 0.3 is 0 Å². The van der Waals surface area contributed by atoms with Crippen molar-refractivity contribution >= 4 is 21.8 Å². The molecule has 0 atom stereocenters. The number of rotatable bonds is 3. The van der Waals surface area contributed by atoms with Crippen LogP contribution in [0.3, 0.4) is 0 Å². The third-order valence-electron chi connectivity index (χ3n) is 2.22. The number of unbranched alkanes of at least 4 members (excludes halogenated alkanes) is 1. The van der Waals surface area contributed by atoms with E-state index in [4.69, 9.17) is 0 Å². The van der Waals surface area contributed by atoms with E-state index < -0.39 is 10.0 Å². The van der Waals surface area contributed by atoms with Gasteiger partial charge in [0.05, 0.1) is 6.20 Å². The first-order chi connectivity index (χ1) is 8.13. The summed E-state index contributed by atoms with van der Waals surface area (Å²) in [5.74, 6) is 0.377. The first-order valence-electron chi connectivity index (χ1n) is 5.29. The molecular weight excluding hydrogens is 242 g/mol. The molecule has 0 aliphatic carbocycles. The second-order valence-electron chi connectivity index (χ2n) is 3.56. The Morgan fingerprint density at radius 2 is 2.29 bits per heavy atom. The minimum absolute atomic E-state index is 0.000964. The third kappa shape index (κ3) is 2.52. The molecule has 2 heterocycles. The van der Waals surface area contributed by atoms with Crippen molar-refractivity contribution in [3.63, 3.8) is 0 Å². The highest BCUT2D eigenvalue weighted by Gasteiger charge is 2.26. The summed E-state index contributed by atoms with van der Waals surface area (Å²) in [6, 6.07) is 0. The van der Waals surface area contributed by atoms with Gasteiger partial charge in [0.15, 0.2) is 10.7 Å². The van der Waals surface area contributed by atoms with Gasteiger partial charge < -0.3 is 5.32 Å². The number of aliphatic imine (C=N–C) groups is 1. The number of hydrogen-bond donors (Lipinski definition) is 2. The molecule has 1 aliphatic rings. The number of nitrogens with one attached hydrogen (secondary N) is 2. The number of sulfonamides is 1. The normalized spacial score (nSPS) is 16.6. The van der Waals surface area contributed by atoms with Crippen molar-refractivity contribution in [3.05, 3.63) is 12.5 Å². The molecule has 0 spiro atoms. The summed E-state index contributed by atoms with van der Waals surface area (Å²) >= 11 is 0. The Balaban J connectivity index is 2.26. The van der Waals surface area contributed by atoms with Crippen LogP contribution in [0.1, 0.15) is 19.8 Å². The van der Waals surface area contributed by atoms with Crippen LogP contribution in [0.4, 0.5) is 5.82 Å². The van der Waals surface area contributed by atoms with Crippen LogP contribution in [-0.4, -0.2) is 30.9 Å². The fraction of sp³-hybridized carbons (Fsp3) is 0.444. The topological polar surface area (TPSA) is 96.3 Å². The van der Waals surface area contributed by atoms with Gasteiger partial charge in [0, 0.05) is 6.54 Å². The highest BCUT2D eigenvalue weighted by molar-refractivity contribution is 7.90. The summed E-state index contributed by atoms with van der Waals surface area (Å²) in [7, 11) is -3.60. The van der Waals surface area contributed by atoms with Crippen molar-refractivity contribution in [2.45, 2.75) is 24.7 Å². The predicted molar refractivity (Wildman–Crippen MR) is 62.4 cm³/mol. The maximum Gasteiger partial charge on any atom is 0.269 e. The largest absolute Gasteiger partial charge is 0.355 e. The summed E-state index contributed by atoms with van der Waals surface area (Å²) in [6.07, 6.45) is 4.47. The molecule has 1 aliphatic heterocycles. The van der Waals surface area contributed by atoms with E-state index in [1.807, 2.05) is 0 Å². The Bertz CT molecular complexity index is 540. The third-order valence-corrected chi connectivity index (χ3v) is 3.55. The molecule has 1 aromatic heterocycles. The first kappa shape index (κ1) is 11.8. The summed E-state index contributed by atoms with van der Waals surface area (Å²) in [6.45, 7) is 2.72. The predicted octanol–water partition coefficient (Wildman–Crippen LogP) is 0.146. The van der Waals surface area contributed by atoms with Crippen LogP contribution >= 0.6 is 0 Å². The molecule has 2 N–H and O–H groups in total. The zero-order valence-electron chi connectivity index (χ0n) is 9.34. The van der Waals surface area contributed by atoms with Crippen LogP contribution < -0.4 is 10.0 Å². The van der Waals surface area contributed by atoms with E-state index in [1.54, 1.807) is 0 Å². The number of nitrogens with zero attached hydrogens (tertiary/aromatic N) is 3. The molecular formula is C9H13N5O2S. The van der Waals surface area contributed by atoms with Gasteiger partial charge in [0.25, 0.3) is 10.0 Å². The molecule has 17 heavy (non-hydrogen) atoms. The first-order valence-corrected chi connectivity index (χ1v) is 6.77. The van der Waals surface area contributed by atoms with Gasteiger partial charge in [-0.3, -0.25) is 0 Å². The fourth-order valence-corrected chi connectivity index (χ4v) is 2.37. The van der Waals surface area contributed by atoms with Crippen molar-refractivity contribution in [2.75, 3.05) is 6.54 Å². The van der Waals surface area contributed by atoms with Gasteiger partial charge in [-0.25, -0.2) is 23.1 Å². The molecule has 1 aromatic rings. The van der Waals surface area contributed by atoms with Crippen LogP contribution in [0.2, 0.25) is 0 Å². The molecule has 0 fully saturated rings. The molecule has 0 aromatic carbocycles. The Hall–Kier alpha value is -1.70. The van der Waals surface area contributed by atoms with Gasteiger partial charge in [0.2, 0.25) is 5.96 Å². The van der Waals surface area contributed by atoms with Crippen LogP contribution in [-0.2, 0) is 10.0 Å². The van der Waals surface area contributed by atoms with E-state index in [9.17, 15) is 8.42 Å². The standard InChI is InChI=1S/C9H13N5O2S/c1-2-3-4-11-9-13-8-7(5-10-6-12-8)17(15,16)14-9/h5-6H,2-4H2,1H3,(H2,10,11,12,13,14). The monoisotopic (exact) mass is 255 g/mol. The number of hydrogen-bond acceptors (Lipinski definition) is 6. The van der Waals surface area contributed by atoms with Crippen LogP contribution in [0.15, 0.2) is 22.4 Å². The van der Waals surface area contributed by atoms with Crippen LogP contribution in [0.5, 0.6) is 0 Å². The quantitative estimate of drug-likeness (QED) is 0.749. The fourth-order valence-electron chi connectivity index (χ4n) is 1.35. The maximum absolute atomic E-state index is 11.8. The van der Waals surface area contributed by atoms with E-state index in [-0.39, 0.29) is 16.7 Å². The maximum atomic E-state index is 11.8. The molecule has 0 radical (unpaired) electrons. The van der Waals surface area contributed by atoms with E-state index in [1.165, 1.54) is 12.5 Å². The van der Waals surface area contributed by atoms with E-state index in [2.05, 4.69) is 31.9 Å². The lowest BCUT2D eigenvalue weighted by atomic mass is 10.3. The molecule has 0 unspecified atom stereocenters. The van der Waals surface area contributed by atoms with Crippen LogP contribution in [0.25, 0.3) is 0 Å². The summed E-state index contributed by atoms with van der Waals surface area (Å²) in [5.41, 5.74) is 0. The van der Waals surface area contributed by atoms with Crippen LogP contribution in [0, 0.1) is 0 Å². The zero-order valence-corrected chi connectivity index (χ0v) is 10.2. The molecule has 0 saturated carbocycles. The van der Waals surface area contributed by atoms with Gasteiger partial charge in [-0.05, 0) is 6.42 Å². The highest BCUT2D eigenvalue weighted by atomic mass is 32.2. The highest BCUT2D eigenvalue weighted by Crippen LogP contribution is 2.22. The summed E-state index contributed by atoms with van der Waals surface area (Å²) in [5, 5.41) is 2.92. The van der Waals surface area contributed by atoms with Gasteiger partial charge in [-0.1, -0.05) is 13.3 Å². The minimum Gasteiger partial charge on any atom is -0.355 e. The van der Waals surface area contributed by atoms with Gasteiger partial charge in [-0.2, -0.15) is 4.99 Å². The second-order valence-corrected chi connectivity index (χ2v) is 5.21. The summed E-state index contributed by atoms with van der Waals surface area (Å²) < 4.78 is 25.9. The number of aromatic nitrogens is 2. The number of guanidine groups is 1. The van der Waals surface area contributed by atoms with Crippen molar-refractivity contribution in [1.82, 2.24) is 20.0 Å². The molecule has 8 heteroatoms. The minimum atomic E-state index is -3.60. The van der Waals surface area contributed by atoms with Crippen molar-refractivity contribution < 1.29 is 8.42 Å². The molecule has 0 amide bonds. The Morgan fingerprint density at radius 3 is 3.06 bits per heavy atom. The van der Waals surface area contributed by atoms with Gasteiger partial charge in [0.1, 0.15) is 6.33 Å². The second kappa shape index (κ2) is 4.66. The Kier molecular flexibility index (Phi) is 3.23. The molecule has 2 rings (SSSR count).